The largest absolute Gasteiger partial charge is 0.370 e. The summed E-state index contributed by atoms with van der Waals surface area (Å²) in [6.07, 6.45) is 1.71. The topological polar surface area (TPSA) is 98.3 Å². The van der Waals surface area contributed by atoms with Crippen LogP contribution >= 0.6 is 11.5 Å². The molecule has 0 spiro atoms. The van der Waals surface area contributed by atoms with Crippen LogP contribution in [0.5, 0.6) is 0 Å². The highest BCUT2D eigenvalue weighted by Gasteiger charge is 2.28. The van der Waals surface area contributed by atoms with Gasteiger partial charge in [0.2, 0.25) is 5.91 Å². The molecule has 7 nitrogen and oxygen atoms in total. The molecule has 160 valence electrons. The van der Waals surface area contributed by atoms with Crippen molar-refractivity contribution in [1.82, 2.24) is 9.69 Å². The van der Waals surface area contributed by atoms with Crippen LogP contribution in [0.25, 0.3) is 11.1 Å². The number of hydrogen-bond acceptors (Lipinski definition) is 7. The van der Waals surface area contributed by atoms with Gasteiger partial charge in [0.15, 0.2) is 5.82 Å². The zero-order valence-corrected chi connectivity index (χ0v) is 18.5. The number of primary amides is 1. The fourth-order valence-corrected chi connectivity index (χ4v) is 4.55. The zero-order chi connectivity index (χ0) is 21.5. The molecular formula is C22H30N6OS. The van der Waals surface area contributed by atoms with Gasteiger partial charge in [-0.15, -0.1) is 0 Å². The highest BCUT2D eigenvalue weighted by atomic mass is 32.1. The van der Waals surface area contributed by atoms with Gasteiger partial charge in [-0.2, -0.15) is 9.64 Å². The van der Waals surface area contributed by atoms with Crippen molar-refractivity contribution >= 4 is 28.9 Å². The molecule has 0 aliphatic carbocycles. The number of anilines is 2. The second-order valence-electron chi connectivity index (χ2n) is 8.02. The lowest BCUT2D eigenvalue weighted by Crippen LogP contribution is -2.46. The minimum Gasteiger partial charge on any atom is -0.370 e. The smallest absolute Gasteiger partial charge is 0.240 e. The van der Waals surface area contributed by atoms with Gasteiger partial charge in [-0.25, -0.2) is 0 Å². The van der Waals surface area contributed by atoms with Crippen molar-refractivity contribution in [2.24, 2.45) is 11.7 Å². The normalized spacial score (nSPS) is 15.5. The minimum absolute atomic E-state index is 0.0654. The monoisotopic (exact) mass is 426 g/mol. The standard InChI is InChI=1S/C22H30N6OS/c1-16(2)14-20(21(24)29)28(12-8-23)22-19(15-30-26-22)17-4-6-18(7-5-17)27-11-3-9-25-10-13-27/h4-7,15-16,20,25H,3,9-14H2,1-2H3,(H2,24,29)/t20-/m0/s1. The van der Waals surface area contributed by atoms with Gasteiger partial charge in [0.25, 0.3) is 0 Å². The van der Waals surface area contributed by atoms with Gasteiger partial charge in [-0.3, -0.25) is 4.79 Å². The predicted octanol–water partition coefficient (Wildman–Crippen LogP) is 2.84. The molecule has 1 aliphatic heterocycles. The van der Waals surface area contributed by atoms with Gasteiger partial charge < -0.3 is 20.9 Å². The van der Waals surface area contributed by atoms with E-state index in [0.29, 0.717) is 12.2 Å². The molecular weight excluding hydrogens is 396 g/mol. The Morgan fingerprint density at radius 2 is 2.10 bits per heavy atom. The van der Waals surface area contributed by atoms with Gasteiger partial charge >= 0.3 is 0 Å². The average molecular weight is 427 g/mol. The number of carbonyl (C=O) groups excluding carboxylic acids is 1. The quantitative estimate of drug-likeness (QED) is 0.630. The van der Waals surface area contributed by atoms with Crippen LogP contribution < -0.4 is 20.9 Å². The van der Waals surface area contributed by atoms with Crippen molar-refractivity contribution in [3.63, 3.8) is 0 Å². The maximum Gasteiger partial charge on any atom is 0.240 e. The SMILES string of the molecule is CC(C)C[C@@H](C(N)=O)N(CC#N)c1nscc1-c1ccc(N2CCCNCC2)cc1. The Morgan fingerprint density at radius 1 is 1.33 bits per heavy atom. The molecule has 3 N–H and O–H groups in total. The molecule has 1 saturated heterocycles. The van der Waals surface area contributed by atoms with E-state index in [2.05, 4.69) is 44.9 Å². The Bertz CT molecular complexity index is 864. The van der Waals surface area contributed by atoms with Crippen molar-refractivity contribution in [3.8, 4) is 17.2 Å². The Balaban J connectivity index is 1.88. The van der Waals surface area contributed by atoms with Crippen molar-refractivity contribution in [3.05, 3.63) is 29.6 Å². The number of nitrogens with one attached hydrogen (secondary N) is 1. The van der Waals surface area contributed by atoms with Crippen LogP contribution in [0, 0.1) is 17.2 Å². The van der Waals surface area contributed by atoms with Crippen LogP contribution in [0.2, 0.25) is 0 Å². The van der Waals surface area contributed by atoms with E-state index in [0.717, 1.165) is 43.7 Å². The molecule has 30 heavy (non-hydrogen) atoms. The van der Waals surface area contributed by atoms with Crippen LogP contribution in [-0.2, 0) is 4.79 Å². The molecule has 3 rings (SSSR count). The zero-order valence-electron chi connectivity index (χ0n) is 17.7. The van der Waals surface area contributed by atoms with E-state index in [4.69, 9.17) is 5.73 Å². The summed E-state index contributed by atoms with van der Waals surface area (Å²) in [6.45, 7) is 8.24. The number of aromatic nitrogens is 1. The second kappa shape index (κ2) is 10.4. The van der Waals surface area contributed by atoms with Gasteiger partial charge in [-0.1, -0.05) is 26.0 Å². The maximum atomic E-state index is 12.2. The summed E-state index contributed by atoms with van der Waals surface area (Å²) in [4.78, 5) is 16.3. The molecule has 1 atom stereocenters. The van der Waals surface area contributed by atoms with Crippen molar-refractivity contribution < 1.29 is 4.79 Å². The van der Waals surface area contributed by atoms with E-state index in [9.17, 15) is 10.1 Å². The summed E-state index contributed by atoms with van der Waals surface area (Å²) < 4.78 is 4.54. The Morgan fingerprint density at radius 3 is 2.77 bits per heavy atom. The predicted molar refractivity (Wildman–Crippen MR) is 123 cm³/mol. The molecule has 0 radical (unpaired) electrons. The Hall–Kier alpha value is -2.63. The third-order valence-electron chi connectivity index (χ3n) is 5.35. The third kappa shape index (κ3) is 5.29. The number of nitrogens with two attached hydrogens (primary N) is 1. The second-order valence-corrected chi connectivity index (χ2v) is 8.65. The number of amides is 1. The van der Waals surface area contributed by atoms with Crippen LogP contribution in [-0.4, -0.2) is 49.0 Å². The lowest BCUT2D eigenvalue weighted by molar-refractivity contribution is -0.119. The number of benzene rings is 1. The summed E-state index contributed by atoms with van der Waals surface area (Å²) in [7, 11) is 0. The molecule has 1 aromatic carbocycles. The van der Waals surface area contributed by atoms with Gasteiger partial charge in [0, 0.05) is 36.3 Å². The molecule has 1 amide bonds. The van der Waals surface area contributed by atoms with Crippen molar-refractivity contribution in [1.29, 1.82) is 5.26 Å². The lowest BCUT2D eigenvalue weighted by atomic mass is 10.0. The van der Waals surface area contributed by atoms with Crippen molar-refractivity contribution in [2.75, 3.05) is 42.5 Å². The van der Waals surface area contributed by atoms with Crippen LogP contribution in [0.1, 0.15) is 26.7 Å². The molecule has 1 aromatic heterocycles. The number of nitriles is 1. The van der Waals surface area contributed by atoms with E-state index in [1.165, 1.54) is 17.2 Å². The summed E-state index contributed by atoms with van der Waals surface area (Å²) in [6, 6.07) is 10.1. The number of carbonyl (C=O) groups is 1. The number of hydrogen-bond donors (Lipinski definition) is 2. The van der Waals surface area contributed by atoms with E-state index in [1.807, 2.05) is 19.2 Å². The highest BCUT2D eigenvalue weighted by Crippen LogP contribution is 2.34. The number of nitrogens with zero attached hydrogens (tertiary/aromatic N) is 4. The Kier molecular flexibility index (Phi) is 7.66. The van der Waals surface area contributed by atoms with E-state index >= 15 is 0 Å². The fourth-order valence-electron chi connectivity index (χ4n) is 3.84. The van der Waals surface area contributed by atoms with Crippen molar-refractivity contribution in [2.45, 2.75) is 32.7 Å². The molecule has 8 heteroatoms. The van der Waals surface area contributed by atoms with Crippen LogP contribution in [0.15, 0.2) is 29.6 Å². The molecule has 2 aromatic rings. The molecule has 1 fully saturated rings. The molecule has 2 heterocycles. The summed E-state index contributed by atoms with van der Waals surface area (Å²) in [5, 5.41) is 14.8. The Labute approximate surface area is 182 Å². The first-order valence-electron chi connectivity index (χ1n) is 10.4. The summed E-state index contributed by atoms with van der Waals surface area (Å²) in [5.74, 6) is 0.494. The third-order valence-corrected chi connectivity index (χ3v) is 5.97. The minimum atomic E-state index is -0.561. The van der Waals surface area contributed by atoms with Gasteiger partial charge in [0.05, 0.1) is 6.07 Å². The highest BCUT2D eigenvalue weighted by molar-refractivity contribution is 7.04. The fraction of sp³-hybridized carbons (Fsp3) is 0.500. The summed E-state index contributed by atoms with van der Waals surface area (Å²) >= 11 is 1.33. The molecule has 1 aliphatic rings. The number of rotatable bonds is 8. The first-order valence-corrected chi connectivity index (χ1v) is 11.3. The van der Waals surface area contributed by atoms with E-state index < -0.39 is 11.9 Å². The average Bonchev–Trinajstić information content (AvgIpc) is 3.04. The molecule has 0 saturated carbocycles. The van der Waals surface area contributed by atoms with E-state index in [1.54, 1.807) is 4.90 Å². The molecule has 0 unspecified atom stereocenters. The lowest BCUT2D eigenvalue weighted by Gasteiger charge is -2.29. The maximum absolute atomic E-state index is 12.2. The van der Waals surface area contributed by atoms with Crippen LogP contribution in [0.4, 0.5) is 11.5 Å². The first kappa shape index (κ1) is 22.1. The molecule has 0 bridgehead atoms. The summed E-state index contributed by atoms with van der Waals surface area (Å²) in [5.41, 5.74) is 8.85. The van der Waals surface area contributed by atoms with Crippen LogP contribution in [0.3, 0.4) is 0 Å². The van der Waals surface area contributed by atoms with Gasteiger partial charge in [0.1, 0.15) is 12.6 Å². The van der Waals surface area contributed by atoms with Gasteiger partial charge in [-0.05, 0) is 54.5 Å². The van der Waals surface area contributed by atoms with E-state index in [-0.39, 0.29) is 12.5 Å². The first-order chi connectivity index (χ1) is 14.5.